The number of ether oxygens (including phenoxy) is 1. The average Bonchev–Trinajstić information content (AvgIpc) is 2.49. The van der Waals surface area contributed by atoms with Crippen molar-refractivity contribution in [3.05, 3.63) is 28.2 Å². The molecule has 1 aromatic rings. The van der Waals surface area contributed by atoms with E-state index in [1.54, 1.807) is 7.11 Å². The summed E-state index contributed by atoms with van der Waals surface area (Å²) >= 11 is 3.57. The van der Waals surface area contributed by atoms with Crippen LogP contribution in [-0.2, 0) is 6.42 Å². The number of hydrogen-bond donors (Lipinski definition) is 1. The summed E-state index contributed by atoms with van der Waals surface area (Å²) in [6.07, 6.45) is 6.64. The molecule has 1 aromatic carbocycles. The summed E-state index contributed by atoms with van der Waals surface area (Å²) in [5, 5.41) is 10.5. The van der Waals surface area contributed by atoms with E-state index in [1.807, 2.05) is 18.2 Å². The Hall–Kier alpha value is -0.540. The predicted octanol–water partition coefficient (Wildman–Crippen LogP) is 4.58. The summed E-state index contributed by atoms with van der Waals surface area (Å²) in [7, 11) is 1.68. The molecule has 0 aromatic heterocycles. The van der Waals surface area contributed by atoms with Gasteiger partial charge in [0.2, 0.25) is 0 Å². The summed E-state index contributed by atoms with van der Waals surface area (Å²) in [6.45, 7) is 2.27. The van der Waals surface area contributed by atoms with Gasteiger partial charge in [0, 0.05) is 4.47 Å². The Morgan fingerprint density at radius 3 is 2.60 bits per heavy atom. The van der Waals surface area contributed by atoms with Crippen LogP contribution in [0.25, 0.3) is 0 Å². The van der Waals surface area contributed by atoms with E-state index in [0.29, 0.717) is 12.3 Å². The number of methoxy groups -OCH3 is 1. The molecule has 1 atom stereocenters. The maximum Gasteiger partial charge on any atom is 0.119 e. The summed E-state index contributed by atoms with van der Waals surface area (Å²) in [4.78, 5) is 0. The number of halogens is 1. The van der Waals surface area contributed by atoms with Crippen molar-refractivity contribution in [1.29, 1.82) is 0 Å². The number of aliphatic hydroxyl groups excluding tert-OH is 1. The van der Waals surface area contributed by atoms with Crippen LogP contribution in [0.2, 0.25) is 0 Å². The van der Waals surface area contributed by atoms with Crippen LogP contribution in [-0.4, -0.2) is 18.3 Å². The van der Waals surface area contributed by atoms with Crippen molar-refractivity contribution in [2.24, 2.45) is 11.8 Å². The first kappa shape index (κ1) is 15.8. The van der Waals surface area contributed by atoms with Gasteiger partial charge < -0.3 is 9.84 Å². The molecule has 0 heterocycles. The third-order valence-electron chi connectivity index (χ3n) is 4.69. The Labute approximate surface area is 130 Å². The maximum absolute atomic E-state index is 10.5. The Bertz CT molecular complexity index is 425. The minimum atomic E-state index is -0.240. The molecule has 3 heteroatoms. The summed E-state index contributed by atoms with van der Waals surface area (Å²) < 4.78 is 6.32. The average molecular weight is 341 g/mol. The second kappa shape index (κ2) is 7.46. The summed E-state index contributed by atoms with van der Waals surface area (Å²) in [5.41, 5.74) is 1.13. The molecule has 0 aliphatic heterocycles. The van der Waals surface area contributed by atoms with E-state index in [9.17, 15) is 5.11 Å². The minimum Gasteiger partial charge on any atom is -0.497 e. The Balaban J connectivity index is 1.96. The lowest BCUT2D eigenvalue weighted by Gasteiger charge is -2.31. The molecule has 2 nitrogen and oxygen atoms in total. The van der Waals surface area contributed by atoms with Crippen molar-refractivity contribution in [2.45, 2.75) is 51.6 Å². The van der Waals surface area contributed by atoms with Crippen molar-refractivity contribution in [1.82, 2.24) is 0 Å². The maximum atomic E-state index is 10.5. The lowest BCUT2D eigenvalue weighted by Crippen LogP contribution is -2.27. The van der Waals surface area contributed by atoms with Crippen molar-refractivity contribution >= 4 is 15.9 Å². The molecule has 1 fully saturated rings. The van der Waals surface area contributed by atoms with Gasteiger partial charge in [0.15, 0.2) is 0 Å². The van der Waals surface area contributed by atoms with Crippen LogP contribution in [0.4, 0.5) is 0 Å². The highest BCUT2D eigenvalue weighted by molar-refractivity contribution is 9.10. The molecule has 0 radical (unpaired) electrons. The van der Waals surface area contributed by atoms with E-state index >= 15 is 0 Å². The number of hydrogen-bond acceptors (Lipinski definition) is 2. The zero-order chi connectivity index (χ0) is 14.5. The first-order valence-corrected chi connectivity index (χ1v) is 8.43. The zero-order valence-electron chi connectivity index (χ0n) is 12.4. The second-order valence-electron chi connectivity index (χ2n) is 5.92. The van der Waals surface area contributed by atoms with E-state index in [2.05, 4.69) is 22.9 Å². The molecule has 1 aliphatic carbocycles. The minimum absolute atomic E-state index is 0.240. The fourth-order valence-electron chi connectivity index (χ4n) is 3.21. The fraction of sp³-hybridized carbons (Fsp3) is 0.647. The van der Waals surface area contributed by atoms with Gasteiger partial charge in [-0.3, -0.25) is 0 Å². The number of rotatable bonds is 5. The fourth-order valence-corrected chi connectivity index (χ4v) is 3.62. The lowest BCUT2D eigenvalue weighted by molar-refractivity contribution is 0.0733. The third kappa shape index (κ3) is 3.98. The van der Waals surface area contributed by atoms with Crippen LogP contribution < -0.4 is 4.74 Å². The molecular weight excluding hydrogens is 316 g/mol. The lowest BCUT2D eigenvalue weighted by atomic mass is 9.77. The smallest absolute Gasteiger partial charge is 0.119 e. The highest BCUT2D eigenvalue weighted by Crippen LogP contribution is 2.34. The molecule has 112 valence electrons. The van der Waals surface area contributed by atoms with E-state index in [1.165, 1.54) is 32.1 Å². The largest absolute Gasteiger partial charge is 0.497 e. The van der Waals surface area contributed by atoms with E-state index in [4.69, 9.17) is 4.74 Å². The van der Waals surface area contributed by atoms with E-state index in [-0.39, 0.29) is 6.10 Å². The SMILES string of the molecule is CCC1CCC(C(O)Cc2cc(OC)ccc2Br)CC1. The first-order valence-electron chi connectivity index (χ1n) is 7.64. The van der Waals surface area contributed by atoms with Gasteiger partial charge in [0.25, 0.3) is 0 Å². The van der Waals surface area contributed by atoms with Crippen molar-refractivity contribution in [2.75, 3.05) is 7.11 Å². The van der Waals surface area contributed by atoms with Crippen LogP contribution in [0, 0.1) is 11.8 Å². The molecule has 1 N–H and O–H groups in total. The molecule has 0 bridgehead atoms. The summed E-state index contributed by atoms with van der Waals surface area (Å²) in [5.74, 6) is 2.18. The molecule has 20 heavy (non-hydrogen) atoms. The van der Waals surface area contributed by atoms with Gasteiger partial charge in [-0.15, -0.1) is 0 Å². The number of aliphatic hydroxyl groups is 1. The van der Waals surface area contributed by atoms with Gasteiger partial charge in [-0.1, -0.05) is 42.1 Å². The van der Waals surface area contributed by atoms with Gasteiger partial charge in [-0.25, -0.2) is 0 Å². The molecular formula is C17H25BrO2. The van der Waals surface area contributed by atoms with Crippen molar-refractivity contribution in [3.8, 4) is 5.75 Å². The van der Waals surface area contributed by atoms with Crippen LogP contribution in [0.5, 0.6) is 5.75 Å². The second-order valence-corrected chi connectivity index (χ2v) is 6.77. The Morgan fingerprint density at radius 2 is 2.00 bits per heavy atom. The monoisotopic (exact) mass is 340 g/mol. The quantitative estimate of drug-likeness (QED) is 0.850. The molecule has 1 unspecified atom stereocenters. The zero-order valence-corrected chi connectivity index (χ0v) is 14.0. The van der Waals surface area contributed by atoms with Gasteiger partial charge >= 0.3 is 0 Å². The van der Waals surface area contributed by atoms with Crippen LogP contribution in [0.3, 0.4) is 0 Å². The van der Waals surface area contributed by atoms with E-state index < -0.39 is 0 Å². The van der Waals surface area contributed by atoms with Gasteiger partial charge in [-0.05, 0) is 54.9 Å². The Kier molecular flexibility index (Phi) is 5.91. The summed E-state index contributed by atoms with van der Waals surface area (Å²) in [6, 6.07) is 5.95. The van der Waals surface area contributed by atoms with Crippen LogP contribution in [0.15, 0.2) is 22.7 Å². The molecule has 2 rings (SSSR count). The highest BCUT2D eigenvalue weighted by atomic mass is 79.9. The van der Waals surface area contributed by atoms with Crippen molar-refractivity contribution in [3.63, 3.8) is 0 Å². The molecule has 0 spiro atoms. The van der Waals surface area contributed by atoms with Crippen LogP contribution in [0.1, 0.15) is 44.6 Å². The van der Waals surface area contributed by atoms with Gasteiger partial charge in [-0.2, -0.15) is 0 Å². The molecule has 0 saturated heterocycles. The molecule has 1 aliphatic rings. The third-order valence-corrected chi connectivity index (χ3v) is 5.47. The topological polar surface area (TPSA) is 29.5 Å². The molecule has 0 amide bonds. The molecule has 1 saturated carbocycles. The first-order chi connectivity index (χ1) is 9.63. The highest BCUT2D eigenvalue weighted by Gasteiger charge is 2.26. The standard InChI is InChI=1S/C17H25BrO2/c1-3-12-4-6-13(7-5-12)17(19)11-14-10-15(20-2)8-9-16(14)18/h8-10,12-13,17,19H,3-7,11H2,1-2H3. The van der Waals surface area contributed by atoms with Crippen LogP contribution >= 0.6 is 15.9 Å². The van der Waals surface area contributed by atoms with Gasteiger partial charge in [0.05, 0.1) is 13.2 Å². The van der Waals surface area contributed by atoms with E-state index in [0.717, 1.165) is 21.7 Å². The predicted molar refractivity (Wildman–Crippen MR) is 86.1 cm³/mol. The van der Waals surface area contributed by atoms with Crippen molar-refractivity contribution < 1.29 is 9.84 Å². The Morgan fingerprint density at radius 1 is 1.30 bits per heavy atom. The number of benzene rings is 1. The normalized spacial score (nSPS) is 24.4. The van der Waals surface area contributed by atoms with Gasteiger partial charge in [0.1, 0.15) is 5.75 Å².